The number of benzene rings is 1. The fraction of sp³-hybridized carbons (Fsp3) is 0.263. The molecule has 2 amide bonds. The van der Waals surface area contributed by atoms with E-state index in [9.17, 15) is 14.0 Å². The number of nitrogens with zero attached hydrogens (tertiary/aromatic N) is 4. The molecule has 2 N–H and O–H groups in total. The van der Waals surface area contributed by atoms with Crippen LogP contribution in [0.5, 0.6) is 0 Å². The zero-order valence-electron chi connectivity index (χ0n) is 15.8. The molecular weight excluding hydrogens is 363 g/mol. The van der Waals surface area contributed by atoms with Gasteiger partial charge < -0.3 is 10.6 Å². The topological polar surface area (TPSA) is 93.8 Å². The molecule has 1 aromatic carbocycles. The summed E-state index contributed by atoms with van der Waals surface area (Å²) >= 11 is 0. The summed E-state index contributed by atoms with van der Waals surface area (Å²) in [5.74, 6) is -1.01. The van der Waals surface area contributed by atoms with Crippen molar-refractivity contribution in [3.8, 4) is 0 Å². The van der Waals surface area contributed by atoms with Crippen molar-refractivity contribution in [3.63, 3.8) is 0 Å². The number of hydrogen-bond donors (Lipinski definition) is 2. The maximum Gasteiger partial charge on any atom is 0.255 e. The predicted molar refractivity (Wildman–Crippen MR) is 101 cm³/mol. The standard InChI is InChI=1S/C19H21FN6O2/c1-12(17-9-21-25(3)13(17)2)23-18(27)11-26-10-16(8-22-26)24-19(28)14-4-6-15(20)7-5-14/h4-10,12H,11H2,1-3H3,(H,23,27)(H,24,28)/t12-/m1/s1. The van der Waals surface area contributed by atoms with Crippen LogP contribution in [0.15, 0.2) is 42.9 Å². The monoisotopic (exact) mass is 384 g/mol. The Morgan fingerprint density at radius 2 is 1.89 bits per heavy atom. The third-order valence-electron chi connectivity index (χ3n) is 4.42. The summed E-state index contributed by atoms with van der Waals surface area (Å²) in [7, 11) is 1.85. The lowest BCUT2D eigenvalue weighted by molar-refractivity contribution is -0.122. The molecule has 0 radical (unpaired) electrons. The summed E-state index contributed by atoms with van der Waals surface area (Å²) in [6, 6.07) is 5.03. The Labute approximate surface area is 161 Å². The van der Waals surface area contributed by atoms with Gasteiger partial charge in [-0.25, -0.2) is 4.39 Å². The van der Waals surface area contributed by atoms with Crippen LogP contribution in [0.25, 0.3) is 0 Å². The minimum atomic E-state index is -0.411. The van der Waals surface area contributed by atoms with E-state index in [1.165, 1.54) is 35.1 Å². The van der Waals surface area contributed by atoms with E-state index < -0.39 is 5.82 Å². The molecule has 2 aromatic heterocycles. The van der Waals surface area contributed by atoms with Gasteiger partial charge in [0.25, 0.3) is 5.91 Å². The summed E-state index contributed by atoms with van der Waals surface area (Å²) in [4.78, 5) is 24.4. The molecule has 3 rings (SSSR count). The molecule has 0 bridgehead atoms. The van der Waals surface area contributed by atoms with Crippen molar-refractivity contribution in [1.29, 1.82) is 0 Å². The molecule has 8 nitrogen and oxygen atoms in total. The van der Waals surface area contributed by atoms with Gasteiger partial charge in [-0.15, -0.1) is 0 Å². The second kappa shape index (κ2) is 8.03. The number of aromatic nitrogens is 4. The Morgan fingerprint density at radius 1 is 1.18 bits per heavy atom. The SMILES string of the molecule is Cc1c([C@@H](C)NC(=O)Cn2cc(NC(=O)c3ccc(F)cc3)cn2)cnn1C. The molecule has 0 aliphatic heterocycles. The predicted octanol–water partition coefficient (Wildman–Crippen LogP) is 2.19. The van der Waals surface area contributed by atoms with E-state index >= 15 is 0 Å². The van der Waals surface area contributed by atoms with Gasteiger partial charge in [0.05, 0.1) is 24.1 Å². The van der Waals surface area contributed by atoms with Crippen LogP contribution in [0, 0.1) is 12.7 Å². The first kappa shape index (κ1) is 19.3. The number of amides is 2. The molecule has 0 saturated heterocycles. The quantitative estimate of drug-likeness (QED) is 0.681. The minimum absolute atomic E-state index is 0.00999. The van der Waals surface area contributed by atoms with E-state index in [2.05, 4.69) is 20.8 Å². The third kappa shape index (κ3) is 4.43. The van der Waals surface area contributed by atoms with Crippen LogP contribution in [-0.2, 0) is 18.4 Å². The van der Waals surface area contributed by atoms with Gasteiger partial charge in [0, 0.05) is 30.1 Å². The highest BCUT2D eigenvalue weighted by Gasteiger charge is 2.15. The van der Waals surface area contributed by atoms with Crippen molar-refractivity contribution < 1.29 is 14.0 Å². The molecular formula is C19H21FN6O2. The second-order valence-corrected chi connectivity index (χ2v) is 6.49. The number of aryl methyl sites for hydroxylation is 1. The van der Waals surface area contributed by atoms with E-state index in [1.807, 2.05) is 20.9 Å². The number of carbonyl (C=O) groups excluding carboxylic acids is 2. The second-order valence-electron chi connectivity index (χ2n) is 6.49. The Morgan fingerprint density at radius 3 is 2.54 bits per heavy atom. The van der Waals surface area contributed by atoms with E-state index in [0.717, 1.165) is 11.3 Å². The molecule has 9 heteroatoms. The van der Waals surface area contributed by atoms with Gasteiger partial charge in [0.2, 0.25) is 5.91 Å². The zero-order chi connectivity index (χ0) is 20.3. The third-order valence-corrected chi connectivity index (χ3v) is 4.42. The van der Waals surface area contributed by atoms with Crippen LogP contribution >= 0.6 is 0 Å². The van der Waals surface area contributed by atoms with Crippen molar-refractivity contribution in [2.24, 2.45) is 7.05 Å². The number of hydrogen-bond acceptors (Lipinski definition) is 4. The average Bonchev–Trinajstić information content (AvgIpc) is 3.22. The van der Waals surface area contributed by atoms with Crippen LogP contribution in [0.1, 0.15) is 34.6 Å². The first-order valence-corrected chi connectivity index (χ1v) is 8.70. The van der Waals surface area contributed by atoms with Crippen LogP contribution in [0.4, 0.5) is 10.1 Å². The molecule has 0 spiro atoms. The summed E-state index contributed by atoms with van der Waals surface area (Å²) in [6.07, 6.45) is 4.74. The fourth-order valence-corrected chi connectivity index (χ4v) is 2.77. The maximum absolute atomic E-state index is 12.9. The highest BCUT2D eigenvalue weighted by molar-refractivity contribution is 6.04. The van der Waals surface area contributed by atoms with Crippen molar-refractivity contribution in [1.82, 2.24) is 24.9 Å². The van der Waals surface area contributed by atoms with Gasteiger partial charge in [-0.3, -0.25) is 19.0 Å². The highest BCUT2D eigenvalue weighted by atomic mass is 19.1. The zero-order valence-corrected chi connectivity index (χ0v) is 15.8. The average molecular weight is 384 g/mol. The van der Waals surface area contributed by atoms with Gasteiger partial charge >= 0.3 is 0 Å². The number of carbonyl (C=O) groups is 2. The molecule has 146 valence electrons. The van der Waals surface area contributed by atoms with E-state index in [1.54, 1.807) is 17.1 Å². The summed E-state index contributed by atoms with van der Waals surface area (Å²) in [6.45, 7) is 3.84. The lowest BCUT2D eigenvalue weighted by Crippen LogP contribution is -2.30. The van der Waals surface area contributed by atoms with Crippen LogP contribution < -0.4 is 10.6 Å². The van der Waals surface area contributed by atoms with Crippen molar-refractivity contribution in [2.75, 3.05) is 5.32 Å². The molecule has 2 heterocycles. The smallest absolute Gasteiger partial charge is 0.255 e. The van der Waals surface area contributed by atoms with Gasteiger partial charge in [-0.1, -0.05) is 0 Å². The van der Waals surface area contributed by atoms with Crippen LogP contribution in [-0.4, -0.2) is 31.4 Å². The Hall–Kier alpha value is -3.49. The Kier molecular flexibility index (Phi) is 5.53. The van der Waals surface area contributed by atoms with E-state index in [4.69, 9.17) is 0 Å². The van der Waals surface area contributed by atoms with Crippen LogP contribution in [0.2, 0.25) is 0 Å². The number of anilines is 1. The number of nitrogens with one attached hydrogen (secondary N) is 2. The summed E-state index contributed by atoms with van der Waals surface area (Å²) in [5.41, 5.74) is 2.70. The normalized spacial score (nSPS) is 11.9. The van der Waals surface area contributed by atoms with Gasteiger partial charge in [0.1, 0.15) is 12.4 Å². The van der Waals surface area contributed by atoms with Gasteiger partial charge in [-0.05, 0) is 38.1 Å². The fourth-order valence-electron chi connectivity index (χ4n) is 2.77. The molecule has 3 aromatic rings. The lowest BCUT2D eigenvalue weighted by atomic mass is 10.1. The van der Waals surface area contributed by atoms with Crippen molar-refractivity contribution >= 4 is 17.5 Å². The van der Waals surface area contributed by atoms with Crippen molar-refractivity contribution in [3.05, 3.63) is 65.5 Å². The number of halogens is 1. The van der Waals surface area contributed by atoms with Crippen molar-refractivity contribution in [2.45, 2.75) is 26.4 Å². The number of rotatable bonds is 6. The summed E-state index contributed by atoms with van der Waals surface area (Å²) in [5, 5.41) is 13.8. The molecule has 28 heavy (non-hydrogen) atoms. The molecule has 0 saturated carbocycles. The first-order chi connectivity index (χ1) is 13.3. The lowest BCUT2D eigenvalue weighted by Gasteiger charge is -2.13. The van der Waals surface area contributed by atoms with E-state index in [0.29, 0.717) is 11.3 Å². The van der Waals surface area contributed by atoms with Gasteiger partial charge in [-0.2, -0.15) is 10.2 Å². The van der Waals surface area contributed by atoms with E-state index in [-0.39, 0.29) is 24.4 Å². The Bertz CT molecular complexity index is 992. The minimum Gasteiger partial charge on any atom is -0.348 e. The first-order valence-electron chi connectivity index (χ1n) is 8.70. The highest BCUT2D eigenvalue weighted by Crippen LogP contribution is 2.16. The Balaban J connectivity index is 1.56. The molecule has 0 aliphatic carbocycles. The molecule has 0 fully saturated rings. The largest absolute Gasteiger partial charge is 0.348 e. The molecule has 0 aliphatic rings. The molecule has 1 atom stereocenters. The maximum atomic E-state index is 12.9. The summed E-state index contributed by atoms with van der Waals surface area (Å²) < 4.78 is 16.1. The van der Waals surface area contributed by atoms with Gasteiger partial charge in [0.15, 0.2) is 0 Å². The molecule has 0 unspecified atom stereocenters. The van der Waals surface area contributed by atoms with Crippen LogP contribution in [0.3, 0.4) is 0 Å².